The van der Waals surface area contributed by atoms with Crippen LogP contribution in [0.15, 0.2) is 73.1 Å². The highest BCUT2D eigenvalue weighted by atomic mass is 16.5. The van der Waals surface area contributed by atoms with Crippen LogP contribution in [0.5, 0.6) is 5.75 Å². The number of ether oxygens (including phenoxy) is 1. The Hall–Kier alpha value is -4.48. The van der Waals surface area contributed by atoms with Gasteiger partial charge < -0.3 is 26.1 Å². The number of nitriles is 1. The molecule has 1 amide bonds. The van der Waals surface area contributed by atoms with Gasteiger partial charge in [0.1, 0.15) is 17.6 Å². The lowest BCUT2D eigenvalue weighted by Gasteiger charge is -2.19. The van der Waals surface area contributed by atoms with Crippen molar-refractivity contribution in [1.29, 1.82) is 10.7 Å². The van der Waals surface area contributed by atoms with E-state index < -0.39 is 6.04 Å². The number of amides is 1. The zero-order valence-electron chi connectivity index (χ0n) is 19.7. The highest BCUT2D eigenvalue weighted by molar-refractivity contribution is 6.08. The summed E-state index contributed by atoms with van der Waals surface area (Å²) in [6, 6.07) is 19.8. The standard InChI is InChI=1S/C27H28N6O2/c1-30-17-23(16-29)22-9-12-25(32-18-22)33-27(34)26(21-7-10-24(35-2)11-8-21)31-14-13-19-3-5-20(15-28)6-4-19/h3-12,16-18,26,29-31H,13-14H2,1-2H3,(H,32,33,34)/b23-17+,29-16?. The summed E-state index contributed by atoms with van der Waals surface area (Å²) >= 11 is 0. The van der Waals surface area contributed by atoms with Crippen LogP contribution in [0, 0.1) is 16.7 Å². The van der Waals surface area contributed by atoms with E-state index in [4.69, 9.17) is 15.4 Å². The predicted molar refractivity (Wildman–Crippen MR) is 137 cm³/mol. The number of nitrogens with one attached hydrogen (secondary N) is 4. The van der Waals surface area contributed by atoms with Gasteiger partial charge >= 0.3 is 0 Å². The maximum atomic E-state index is 13.2. The van der Waals surface area contributed by atoms with Gasteiger partial charge in [-0.25, -0.2) is 4.98 Å². The average Bonchev–Trinajstić information content (AvgIpc) is 2.90. The first-order valence-corrected chi connectivity index (χ1v) is 11.1. The number of carbonyl (C=O) groups is 1. The summed E-state index contributed by atoms with van der Waals surface area (Å²) in [7, 11) is 3.36. The van der Waals surface area contributed by atoms with E-state index in [1.807, 2.05) is 36.4 Å². The minimum atomic E-state index is -0.609. The molecule has 1 aromatic heterocycles. The third kappa shape index (κ3) is 7.00. The minimum absolute atomic E-state index is 0.242. The Morgan fingerprint density at radius 2 is 1.89 bits per heavy atom. The molecule has 35 heavy (non-hydrogen) atoms. The smallest absolute Gasteiger partial charge is 0.247 e. The zero-order chi connectivity index (χ0) is 25.0. The topological polar surface area (TPSA) is 123 Å². The molecule has 0 aliphatic rings. The quantitative estimate of drug-likeness (QED) is 0.318. The normalized spacial score (nSPS) is 11.7. The molecule has 2 aromatic carbocycles. The van der Waals surface area contributed by atoms with Crippen LogP contribution in [0.3, 0.4) is 0 Å². The van der Waals surface area contributed by atoms with Crippen LogP contribution in [0.1, 0.15) is 28.3 Å². The summed E-state index contributed by atoms with van der Waals surface area (Å²) < 4.78 is 5.24. The average molecular weight is 469 g/mol. The Balaban J connectivity index is 1.73. The second-order valence-corrected chi connectivity index (χ2v) is 7.67. The van der Waals surface area contributed by atoms with Crippen LogP contribution in [0.25, 0.3) is 5.57 Å². The molecular weight excluding hydrogens is 440 g/mol. The molecule has 0 bridgehead atoms. The highest BCUT2D eigenvalue weighted by Gasteiger charge is 2.21. The van der Waals surface area contributed by atoms with Crippen LogP contribution in [0.4, 0.5) is 5.82 Å². The molecule has 0 fully saturated rings. The Bertz CT molecular complexity index is 1200. The van der Waals surface area contributed by atoms with Gasteiger partial charge in [0.05, 0.1) is 18.7 Å². The number of methoxy groups -OCH3 is 1. The molecule has 0 saturated heterocycles. The summed E-state index contributed by atoms with van der Waals surface area (Å²) in [4.78, 5) is 17.6. The van der Waals surface area contributed by atoms with Crippen molar-refractivity contribution in [2.45, 2.75) is 12.5 Å². The molecule has 8 heteroatoms. The first-order chi connectivity index (χ1) is 17.1. The van der Waals surface area contributed by atoms with Crippen molar-refractivity contribution in [3.8, 4) is 11.8 Å². The number of benzene rings is 2. The van der Waals surface area contributed by atoms with Gasteiger partial charge in [0.2, 0.25) is 5.91 Å². The summed E-state index contributed by atoms with van der Waals surface area (Å²) in [5.41, 5.74) is 3.92. The van der Waals surface area contributed by atoms with Gasteiger partial charge in [-0.1, -0.05) is 24.3 Å². The summed E-state index contributed by atoms with van der Waals surface area (Å²) in [5, 5.41) is 25.6. The number of rotatable bonds is 11. The minimum Gasteiger partial charge on any atom is -0.497 e. The van der Waals surface area contributed by atoms with Gasteiger partial charge in [-0.15, -0.1) is 0 Å². The van der Waals surface area contributed by atoms with Crippen molar-refractivity contribution >= 4 is 23.5 Å². The SMILES string of the molecule is CN/C=C(\C=N)c1ccc(NC(=O)C(NCCc2ccc(C#N)cc2)c2ccc(OC)cc2)nc1. The van der Waals surface area contributed by atoms with Gasteiger partial charge in [0, 0.05) is 43.3 Å². The van der Waals surface area contributed by atoms with Crippen molar-refractivity contribution in [1.82, 2.24) is 15.6 Å². The first-order valence-electron chi connectivity index (χ1n) is 11.1. The summed E-state index contributed by atoms with van der Waals surface area (Å²) in [6.45, 7) is 0.555. The third-order valence-electron chi connectivity index (χ3n) is 5.36. The van der Waals surface area contributed by atoms with Crippen molar-refractivity contribution in [3.05, 3.63) is 95.3 Å². The number of aromatic nitrogens is 1. The largest absolute Gasteiger partial charge is 0.497 e. The molecule has 3 aromatic rings. The van der Waals surface area contributed by atoms with E-state index in [-0.39, 0.29) is 5.91 Å². The second kappa shape index (κ2) is 12.7. The van der Waals surface area contributed by atoms with Gasteiger partial charge in [-0.05, 0) is 53.9 Å². The Labute approximate surface area is 205 Å². The maximum absolute atomic E-state index is 13.2. The fraction of sp³-hybridized carbons (Fsp3) is 0.185. The van der Waals surface area contributed by atoms with Gasteiger partial charge in [0.25, 0.3) is 0 Å². The lowest BCUT2D eigenvalue weighted by Crippen LogP contribution is -2.34. The van der Waals surface area contributed by atoms with Crippen molar-refractivity contribution in [3.63, 3.8) is 0 Å². The number of carbonyl (C=O) groups excluding carboxylic acids is 1. The third-order valence-corrected chi connectivity index (χ3v) is 5.36. The summed E-state index contributed by atoms with van der Waals surface area (Å²) in [5.74, 6) is 0.882. The number of allylic oxidation sites excluding steroid dienone is 1. The number of nitrogens with zero attached hydrogens (tertiary/aromatic N) is 2. The first kappa shape index (κ1) is 25.1. The second-order valence-electron chi connectivity index (χ2n) is 7.67. The molecule has 0 radical (unpaired) electrons. The molecule has 1 heterocycles. The Morgan fingerprint density at radius 3 is 2.46 bits per heavy atom. The van der Waals surface area contributed by atoms with E-state index in [1.54, 1.807) is 50.8 Å². The number of anilines is 1. The lowest BCUT2D eigenvalue weighted by molar-refractivity contribution is -0.118. The molecule has 0 saturated carbocycles. The molecule has 1 atom stereocenters. The molecule has 3 rings (SSSR count). The van der Waals surface area contributed by atoms with Crippen LogP contribution in [-0.2, 0) is 11.2 Å². The fourth-order valence-electron chi connectivity index (χ4n) is 3.47. The highest BCUT2D eigenvalue weighted by Crippen LogP contribution is 2.20. The van der Waals surface area contributed by atoms with Crippen molar-refractivity contribution in [2.24, 2.45) is 0 Å². The van der Waals surface area contributed by atoms with Crippen LogP contribution < -0.4 is 20.7 Å². The van der Waals surface area contributed by atoms with Crippen LogP contribution in [0.2, 0.25) is 0 Å². The van der Waals surface area contributed by atoms with E-state index in [0.29, 0.717) is 35.7 Å². The number of pyridine rings is 1. The molecule has 0 aliphatic heterocycles. The number of hydrogen-bond donors (Lipinski definition) is 4. The van der Waals surface area contributed by atoms with E-state index in [9.17, 15) is 4.79 Å². The number of hydrogen-bond acceptors (Lipinski definition) is 7. The Morgan fingerprint density at radius 1 is 1.14 bits per heavy atom. The molecule has 1 unspecified atom stereocenters. The molecule has 178 valence electrons. The molecule has 0 aliphatic carbocycles. The lowest BCUT2D eigenvalue weighted by atomic mass is 10.0. The molecule has 4 N–H and O–H groups in total. The van der Waals surface area contributed by atoms with E-state index in [0.717, 1.165) is 16.7 Å². The van der Waals surface area contributed by atoms with Gasteiger partial charge in [0.15, 0.2) is 0 Å². The van der Waals surface area contributed by atoms with E-state index >= 15 is 0 Å². The van der Waals surface area contributed by atoms with Crippen molar-refractivity contribution < 1.29 is 9.53 Å². The van der Waals surface area contributed by atoms with Crippen LogP contribution >= 0.6 is 0 Å². The van der Waals surface area contributed by atoms with E-state index in [2.05, 4.69) is 27.0 Å². The molecule has 0 spiro atoms. The van der Waals surface area contributed by atoms with Gasteiger partial charge in [-0.2, -0.15) is 5.26 Å². The van der Waals surface area contributed by atoms with Crippen LogP contribution in [-0.4, -0.2) is 37.8 Å². The summed E-state index contributed by atoms with van der Waals surface area (Å²) in [6.07, 6.45) is 5.26. The van der Waals surface area contributed by atoms with Crippen molar-refractivity contribution in [2.75, 3.05) is 26.0 Å². The predicted octanol–water partition coefficient (Wildman–Crippen LogP) is 3.68. The van der Waals surface area contributed by atoms with E-state index in [1.165, 1.54) is 6.21 Å². The fourth-order valence-corrected chi connectivity index (χ4v) is 3.47. The Kier molecular flexibility index (Phi) is 9.11. The molecular formula is C27H28N6O2. The van der Waals surface area contributed by atoms with Gasteiger partial charge in [-0.3, -0.25) is 4.79 Å². The molecule has 8 nitrogen and oxygen atoms in total. The maximum Gasteiger partial charge on any atom is 0.247 e. The monoisotopic (exact) mass is 468 g/mol. The zero-order valence-corrected chi connectivity index (χ0v) is 19.7.